The van der Waals surface area contributed by atoms with Gasteiger partial charge in [0, 0.05) is 18.7 Å². The Morgan fingerprint density at radius 1 is 1.21 bits per heavy atom. The lowest BCUT2D eigenvalue weighted by Gasteiger charge is -2.20. The van der Waals surface area contributed by atoms with Crippen molar-refractivity contribution in [1.82, 2.24) is 0 Å². The maximum atomic E-state index is 11.9. The van der Waals surface area contributed by atoms with E-state index in [0.717, 1.165) is 18.7 Å². The predicted octanol–water partition coefficient (Wildman–Crippen LogP) is 2.77. The molecule has 0 unspecified atom stereocenters. The summed E-state index contributed by atoms with van der Waals surface area (Å²) in [5, 5.41) is 0. The first-order valence-electron chi connectivity index (χ1n) is 6.50. The Balaban J connectivity index is 2.10. The van der Waals surface area contributed by atoms with E-state index in [0.29, 0.717) is 12.0 Å². The van der Waals surface area contributed by atoms with Gasteiger partial charge in [0.2, 0.25) is 5.91 Å². The van der Waals surface area contributed by atoms with Crippen molar-refractivity contribution < 1.29 is 14.3 Å². The van der Waals surface area contributed by atoms with Crippen molar-refractivity contribution in [1.29, 1.82) is 0 Å². The van der Waals surface area contributed by atoms with E-state index in [-0.39, 0.29) is 11.9 Å². The third-order valence-corrected chi connectivity index (χ3v) is 2.89. The number of esters is 1. The van der Waals surface area contributed by atoms with Crippen LogP contribution in [0.5, 0.6) is 0 Å². The fraction of sp³-hybridized carbons (Fsp3) is 0.467. The van der Waals surface area contributed by atoms with Crippen LogP contribution < -0.4 is 4.90 Å². The van der Waals surface area contributed by atoms with Crippen LogP contribution in [0.15, 0.2) is 24.3 Å². The molecule has 19 heavy (non-hydrogen) atoms. The average Bonchev–Trinajstić information content (AvgIpc) is 2.73. The van der Waals surface area contributed by atoms with E-state index < -0.39 is 5.60 Å². The van der Waals surface area contributed by atoms with Crippen molar-refractivity contribution in [2.75, 3.05) is 11.4 Å². The number of hydrogen-bond donors (Lipinski definition) is 0. The van der Waals surface area contributed by atoms with Crippen LogP contribution in [0.3, 0.4) is 0 Å². The molecule has 0 bridgehead atoms. The number of rotatable bonds is 2. The third kappa shape index (κ3) is 3.34. The van der Waals surface area contributed by atoms with Crippen molar-refractivity contribution in [3.63, 3.8) is 0 Å². The number of nitrogens with zero attached hydrogens (tertiary/aromatic N) is 1. The van der Waals surface area contributed by atoms with Crippen LogP contribution in [0.1, 0.15) is 44.0 Å². The lowest BCUT2D eigenvalue weighted by molar-refractivity contribution is -0.117. The zero-order chi connectivity index (χ0) is 14.0. The van der Waals surface area contributed by atoms with Crippen molar-refractivity contribution in [3.05, 3.63) is 29.8 Å². The summed E-state index contributed by atoms with van der Waals surface area (Å²) in [7, 11) is 0. The molecular formula is C15H19NO3. The minimum Gasteiger partial charge on any atom is -0.456 e. The monoisotopic (exact) mass is 261 g/mol. The second kappa shape index (κ2) is 5.03. The Kier molecular flexibility index (Phi) is 3.60. The molecule has 1 saturated heterocycles. The Morgan fingerprint density at radius 3 is 2.32 bits per heavy atom. The van der Waals surface area contributed by atoms with Gasteiger partial charge in [-0.3, -0.25) is 4.79 Å². The second-order valence-electron chi connectivity index (χ2n) is 5.70. The van der Waals surface area contributed by atoms with Crippen LogP contribution in [0.4, 0.5) is 5.69 Å². The van der Waals surface area contributed by atoms with Gasteiger partial charge in [-0.05, 0) is 51.5 Å². The van der Waals surface area contributed by atoms with Gasteiger partial charge in [-0.25, -0.2) is 4.79 Å². The summed E-state index contributed by atoms with van der Waals surface area (Å²) in [6.07, 6.45) is 1.50. The number of ether oxygens (including phenoxy) is 1. The second-order valence-corrected chi connectivity index (χ2v) is 5.70. The minimum atomic E-state index is -0.499. The largest absolute Gasteiger partial charge is 0.456 e. The molecule has 1 aromatic carbocycles. The molecule has 0 aromatic heterocycles. The topological polar surface area (TPSA) is 46.6 Å². The summed E-state index contributed by atoms with van der Waals surface area (Å²) in [4.78, 5) is 25.2. The van der Waals surface area contributed by atoms with E-state index in [1.165, 1.54) is 0 Å². The first-order chi connectivity index (χ1) is 8.87. The highest BCUT2D eigenvalue weighted by atomic mass is 16.6. The van der Waals surface area contributed by atoms with E-state index in [1.54, 1.807) is 29.2 Å². The molecule has 1 fully saturated rings. The Hall–Kier alpha value is -1.84. The van der Waals surface area contributed by atoms with E-state index in [2.05, 4.69) is 0 Å². The summed E-state index contributed by atoms with van der Waals surface area (Å²) in [6.45, 7) is 6.26. The van der Waals surface area contributed by atoms with Gasteiger partial charge in [0.05, 0.1) is 5.56 Å². The van der Waals surface area contributed by atoms with Crippen molar-refractivity contribution in [2.24, 2.45) is 0 Å². The molecule has 0 saturated carbocycles. The molecule has 0 spiro atoms. The smallest absolute Gasteiger partial charge is 0.338 e. The molecule has 4 nitrogen and oxygen atoms in total. The Morgan fingerprint density at radius 2 is 1.84 bits per heavy atom. The quantitative estimate of drug-likeness (QED) is 0.769. The molecule has 102 valence electrons. The lowest BCUT2D eigenvalue weighted by atomic mass is 10.1. The van der Waals surface area contributed by atoms with Crippen molar-refractivity contribution in [3.8, 4) is 0 Å². The molecule has 0 radical (unpaired) electrons. The van der Waals surface area contributed by atoms with E-state index in [4.69, 9.17) is 4.74 Å². The minimum absolute atomic E-state index is 0.144. The number of amides is 1. The maximum Gasteiger partial charge on any atom is 0.338 e. The SMILES string of the molecule is CC(C)(C)OC(=O)c1ccc(N2CCCC2=O)cc1. The first kappa shape index (κ1) is 13.6. The van der Waals surface area contributed by atoms with Gasteiger partial charge in [0.1, 0.15) is 5.60 Å². The van der Waals surface area contributed by atoms with E-state index >= 15 is 0 Å². The number of anilines is 1. The Bertz CT molecular complexity index is 485. The van der Waals surface area contributed by atoms with Crippen LogP contribution in [0, 0.1) is 0 Å². The maximum absolute atomic E-state index is 11.9. The highest BCUT2D eigenvalue weighted by Gasteiger charge is 2.22. The fourth-order valence-corrected chi connectivity index (χ4v) is 2.04. The number of benzene rings is 1. The van der Waals surface area contributed by atoms with Crippen LogP contribution in [0.25, 0.3) is 0 Å². The fourth-order valence-electron chi connectivity index (χ4n) is 2.04. The molecule has 1 aliphatic heterocycles. The predicted molar refractivity (Wildman–Crippen MR) is 73.2 cm³/mol. The summed E-state index contributed by atoms with van der Waals surface area (Å²) in [5.74, 6) is -0.197. The van der Waals surface area contributed by atoms with Gasteiger partial charge in [0.15, 0.2) is 0 Å². The number of carbonyl (C=O) groups excluding carboxylic acids is 2. The van der Waals surface area contributed by atoms with Crippen molar-refractivity contribution in [2.45, 2.75) is 39.2 Å². The highest BCUT2D eigenvalue weighted by Crippen LogP contribution is 2.22. The van der Waals surface area contributed by atoms with Gasteiger partial charge < -0.3 is 9.64 Å². The number of hydrogen-bond acceptors (Lipinski definition) is 3. The summed E-state index contributed by atoms with van der Waals surface area (Å²) >= 11 is 0. The molecular weight excluding hydrogens is 242 g/mol. The molecule has 0 atom stereocenters. The lowest BCUT2D eigenvalue weighted by Crippen LogP contribution is -2.25. The van der Waals surface area contributed by atoms with Crippen LogP contribution in [-0.2, 0) is 9.53 Å². The van der Waals surface area contributed by atoms with Gasteiger partial charge in [-0.2, -0.15) is 0 Å². The molecule has 1 amide bonds. The van der Waals surface area contributed by atoms with E-state index in [1.807, 2.05) is 20.8 Å². The summed E-state index contributed by atoms with van der Waals surface area (Å²) in [6, 6.07) is 6.99. The van der Waals surface area contributed by atoms with Gasteiger partial charge in [0.25, 0.3) is 0 Å². The average molecular weight is 261 g/mol. The molecule has 4 heteroatoms. The highest BCUT2D eigenvalue weighted by molar-refractivity contribution is 5.96. The summed E-state index contributed by atoms with van der Waals surface area (Å²) < 4.78 is 5.29. The van der Waals surface area contributed by atoms with Gasteiger partial charge in [-0.15, -0.1) is 0 Å². The molecule has 2 rings (SSSR count). The van der Waals surface area contributed by atoms with Crippen LogP contribution in [0.2, 0.25) is 0 Å². The summed E-state index contributed by atoms with van der Waals surface area (Å²) in [5.41, 5.74) is 0.848. The normalized spacial score (nSPS) is 15.7. The zero-order valence-electron chi connectivity index (χ0n) is 11.6. The van der Waals surface area contributed by atoms with Crippen LogP contribution in [-0.4, -0.2) is 24.0 Å². The number of carbonyl (C=O) groups is 2. The van der Waals surface area contributed by atoms with E-state index in [9.17, 15) is 9.59 Å². The molecule has 0 N–H and O–H groups in total. The van der Waals surface area contributed by atoms with Crippen LogP contribution >= 0.6 is 0 Å². The molecule has 1 aliphatic rings. The van der Waals surface area contributed by atoms with Crippen molar-refractivity contribution >= 4 is 17.6 Å². The molecule has 1 aromatic rings. The molecule has 0 aliphatic carbocycles. The van der Waals surface area contributed by atoms with Gasteiger partial charge in [-0.1, -0.05) is 0 Å². The van der Waals surface area contributed by atoms with Gasteiger partial charge >= 0.3 is 5.97 Å². The first-order valence-corrected chi connectivity index (χ1v) is 6.50. The Labute approximate surface area is 113 Å². The third-order valence-electron chi connectivity index (χ3n) is 2.89. The molecule has 1 heterocycles. The standard InChI is InChI=1S/C15H19NO3/c1-15(2,3)19-14(18)11-6-8-12(9-7-11)16-10-4-5-13(16)17/h6-9H,4-5,10H2,1-3H3. The zero-order valence-corrected chi connectivity index (χ0v) is 11.6.